The van der Waals surface area contributed by atoms with Crippen molar-refractivity contribution in [3.63, 3.8) is 0 Å². The largest absolute Gasteiger partial charge is 0.419 e. The predicted molar refractivity (Wildman–Crippen MR) is 119 cm³/mol. The molecule has 2 aromatic heterocycles. The zero-order valence-corrected chi connectivity index (χ0v) is 18.5. The molecule has 0 aliphatic rings. The van der Waals surface area contributed by atoms with Gasteiger partial charge >= 0.3 is 0 Å². The Bertz CT molecular complexity index is 1200. The van der Waals surface area contributed by atoms with E-state index < -0.39 is 0 Å². The summed E-state index contributed by atoms with van der Waals surface area (Å²) in [6.07, 6.45) is 0. The third-order valence-electron chi connectivity index (χ3n) is 4.71. The first-order valence-corrected chi connectivity index (χ1v) is 10.9. The fourth-order valence-electron chi connectivity index (χ4n) is 3.06. The molecular formula is C23H19ClFN3O2S. The van der Waals surface area contributed by atoms with Gasteiger partial charge in [0.2, 0.25) is 11.8 Å². The van der Waals surface area contributed by atoms with Crippen LogP contribution in [-0.2, 0) is 6.54 Å². The molecule has 31 heavy (non-hydrogen) atoms. The fourth-order valence-corrected chi connectivity index (χ4v) is 4.24. The molecule has 1 amide bonds. The van der Waals surface area contributed by atoms with Crippen LogP contribution in [-0.4, -0.2) is 27.0 Å². The van der Waals surface area contributed by atoms with Gasteiger partial charge in [-0.1, -0.05) is 35.9 Å². The Balaban J connectivity index is 1.54. The van der Waals surface area contributed by atoms with Gasteiger partial charge in [-0.15, -0.1) is 21.5 Å². The summed E-state index contributed by atoms with van der Waals surface area (Å²) in [6, 6.07) is 17.0. The number of rotatable bonds is 6. The Morgan fingerprint density at radius 1 is 1.10 bits per heavy atom. The standard InChI is InChI=1S/C23H19ClFN3O2S/c1-14(2)28(13-21-26-27-22(30-21)17-5-3-4-6-18(17)24)23(29)20-12-11-19(31-20)15-7-9-16(25)10-8-15/h3-12,14H,13H2,1-2H3. The van der Waals surface area contributed by atoms with Crippen LogP contribution in [0, 0.1) is 5.82 Å². The molecule has 0 aliphatic heterocycles. The number of hydrogen-bond donors (Lipinski definition) is 0. The molecule has 0 N–H and O–H groups in total. The number of halogens is 2. The summed E-state index contributed by atoms with van der Waals surface area (Å²) in [5, 5.41) is 8.68. The van der Waals surface area contributed by atoms with Crippen molar-refractivity contribution in [1.82, 2.24) is 15.1 Å². The molecule has 0 fully saturated rings. The minimum absolute atomic E-state index is 0.0838. The second-order valence-corrected chi connectivity index (χ2v) is 8.67. The van der Waals surface area contributed by atoms with Crippen LogP contribution < -0.4 is 0 Å². The van der Waals surface area contributed by atoms with E-state index in [1.807, 2.05) is 32.0 Å². The first-order chi connectivity index (χ1) is 14.9. The molecule has 0 unspecified atom stereocenters. The summed E-state index contributed by atoms with van der Waals surface area (Å²) in [7, 11) is 0. The van der Waals surface area contributed by atoms with E-state index in [4.69, 9.17) is 16.0 Å². The maximum atomic E-state index is 13.2. The highest BCUT2D eigenvalue weighted by atomic mass is 35.5. The van der Waals surface area contributed by atoms with Gasteiger partial charge in [-0.2, -0.15) is 0 Å². The Hall–Kier alpha value is -3.03. The van der Waals surface area contributed by atoms with Gasteiger partial charge in [-0.25, -0.2) is 4.39 Å². The van der Waals surface area contributed by atoms with Gasteiger partial charge in [0.05, 0.1) is 22.0 Å². The number of benzene rings is 2. The molecule has 8 heteroatoms. The second-order valence-electron chi connectivity index (χ2n) is 7.18. The number of thiophene rings is 1. The fraction of sp³-hybridized carbons (Fsp3) is 0.174. The number of hydrogen-bond acceptors (Lipinski definition) is 5. The van der Waals surface area contributed by atoms with E-state index in [0.29, 0.717) is 27.2 Å². The van der Waals surface area contributed by atoms with Crippen LogP contribution in [0.25, 0.3) is 21.9 Å². The SMILES string of the molecule is CC(C)N(Cc1nnc(-c2ccccc2Cl)o1)C(=O)c1ccc(-c2ccc(F)cc2)s1. The highest BCUT2D eigenvalue weighted by Crippen LogP contribution is 2.30. The lowest BCUT2D eigenvalue weighted by atomic mass is 10.2. The predicted octanol–water partition coefficient (Wildman–Crippen LogP) is 6.31. The van der Waals surface area contributed by atoms with Crippen LogP contribution in [0.4, 0.5) is 4.39 Å². The van der Waals surface area contributed by atoms with Crippen LogP contribution in [0.1, 0.15) is 29.4 Å². The summed E-state index contributed by atoms with van der Waals surface area (Å²) in [5.74, 6) is 0.211. The van der Waals surface area contributed by atoms with E-state index in [1.54, 1.807) is 35.2 Å². The maximum absolute atomic E-state index is 13.2. The van der Waals surface area contributed by atoms with Gasteiger partial charge in [0.15, 0.2) is 0 Å². The van der Waals surface area contributed by atoms with E-state index in [-0.39, 0.29) is 24.3 Å². The molecule has 4 aromatic rings. The first-order valence-electron chi connectivity index (χ1n) is 9.66. The molecular weight excluding hydrogens is 437 g/mol. The zero-order valence-electron chi connectivity index (χ0n) is 16.9. The summed E-state index contributed by atoms with van der Waals surface area (Å²) in [6.45, 7) is 4.03. The Morgan fingerprint density at radius 2 is 1.84 bits per heavy atom. The molecule has 2 heterocycles. The van der Waals surface area contributed by atoms with Crippen molar-refractivity contribution in [2.24, 2.45) is 0 Å². The first kappa shape index (κ1) is 21.2. The quantitative estimate of drug-likeness (QED) is 0.342. The lowest BCUT2D eigenvalue weighted by molar-refractivity contribution is 0.0677. The molecule has 0 bridgehead atoms. The zero-order chi connectivity index (χ0) is 22.0. The van der Waals surface area contributed by atoms with Crippen molar-refractivity contribution in [1.29, 1.82) is 0 Å². The summed E-state index contributed by atoms with van der Waals surface area (Å²) in [5.41, 5.74) is 1.51. The van der Waals surface area contributed by atoms with Crippen molar-refractivity contribution < 1.29 is 13.6 Å². The highest BCUT2D eigenvalue weighted by molar-refractivity contribution is 7.17. The van der Waals surface area contributed by atoms with E-state index in [2.05, 4.69) is 10.2 Å². The van der Waals surface area contributed by atoms with Crippen LogP contribution in [0.15, 0.2) is 65.1 Å². The van der Waals surface area contributed by atoms with Crippen molar-refractivity contribution in [2.75, 3.05) is 0 Å². The number of aromatic nitrogens is 2. The van der Waals surface area contributed by atoms with Crippen molar-refractivity contribution in [2.45, 2.75) is 26.4 Å². The Labute approximate surface area is 188 Å². The Kier molecular flexibility index (Phi) is 6.15. The molecule has 2 aromatic carbocycles. The van der Waals surface area contributed by atoms with Gasteiger partial charge < -0.3 is 9.32 Å². The second kappa shape index (κ2) is 8.99. The van der Waals surface area contributed by atoms with Crippen molar-refractivity contribution >= 4 is 28.8 Å². The molecule has 4 rings (SSSR count). The smallest absolute Gasteiger partial charge is 0.264 e. The van der Waals surface area contributed by atoms with Gasteiger partial charge in [0, 0.05) is 10.9 Å². The molecule has 0 spiro atoms. The molecule has 0 radical (unpaired) electrons. The molecule has 0 aliphatic carbocycles. The van der Waals surface area contributed by atoms with Crippen molar-refractivity contribution in [3.05, 3.63) is 82.3 Å². The summed E-state index contributed by atoms with van der Waals surface area (Å²) < 4.78 is 19.0. The number of carbonyl (C=O) groups excluding carboxylic acids is 1. The molecule has 5 nitrogen and oxygen atoms in total. The van der Waals surface area contributed by atoms with E-state index in [9.17, 15) is 9.18 Å². The number of carbonyl (C=O) groups is 1. The molecule has 0 saturated carbocycles. The van der Waals surface area contributed by atoms with Gasteiger partial charge in [-0.05, 0) is 55.8 Å². The minimum Gasteiger partial charge on any atom is -0.419 e. The van der Waals surface area contributed by atoms with Gasteiger partial charge in [0.1, 0.15) is 5.82 Å². The monoisotopic (exact) mass is 455 g/mol. The number of nitrogens with zero attached hydrogens (tertiary/aromatic N) is 3. The summed E-state index contributed by atoms with van der Waals surface area (Å²) in [4.78, 5) is 16.3. The highest BCUT2D eigenvalue weighted by Gasteiger charge is 2.24. The van der Waals surface area contributed by atoms with Gasteiger partial charge in [-0.3, -0.25) is 4.79 Å². The van der Waals surface area contributed by atoms with E-state index >= 15 is 0 Å². The van der Waals surface area contributed by atoms with Gasteiger partial charge in [0.25, 0.3) is 5.91 Å². The van der Waals surface area contributed by atoms with Crippen LogP contribution in [0.5, 0.6) is 0 Å². The Morgan fingerprint density at radius 3 is 2.55 bits per heavy atom. The third kappa shape index (κ3) is 4.68. The lowest BCUT2D eigenvalue weighted by Gasteiger charge is -2.24. The van der Waals surface area contributed by atoms with Crippen molar-refractivity contribution in [3.8, 4) is 21.9 Å². The lowest BCUT2D eigenvalue weighted by Crippen LogP contribution is -2.36. The number of amides is 1. The molecule has 0 atom stereocenters. The minimum atomic E-state index is -0.293. The normalized spacial score (nSPS) is 11.1. The van der Waals surface area contributed by atoms with E-state index in [0.717, 1.165) is 10.4 Å². The van der Waals surface area contributed by atoms with Crippen LogP contribution >= 0.6 is 22.9 Å². The average Bonchev–Trinajstić information content (AvgIpc) is 3.42. The van der Waals surface area contributed by atoms with E-state index in [1.165, 1.54) is 23.5 Å². The van der Waals surface area contributed by atoms with Crippen LogP contribution in [0.2, 0.25) is 5.02 Å². The molecule has 158 valence electrons. The van der Waals surface area contributed by atoms with Crippen LogP contribution in [0.3, 0.4) is 0 Å². The third-order valence-corrected chi connectivity index (χ3v) is 6.16. The molecule has 0 saturated heterocycles. The average molecular weight is 456 g/mol. The topological polar surface area (TPSA) is 59.2 Å². The maximum Gasteiger partial charge on any atom is 0.264 e. The summed E-state index contributed by atoms with van der Waals surface area (Å²) >= 11 is 7.57.